The summed E-state index contributed by atoms with van der Waals surface area (Å²) in [6.07, 6.45) is 1.49. The SMILES string of the molecule is Nc1cnc(OCCOCCOCCOCCO)c(N)c1. The Morgan fingerprint density at radius 3 is 2.05 bits per heavy atom. The molecule has 5 N–H and O–H groups in total. The fraction of sp³-hybridized carbons (Fsp3) is 0.615. The number of nitrogens with zero attached hydrogens (tertiary/aromatic N) is 1. The smallest absolute Gasteiger partial charge is 0.237 e. The van der Waals surface area contributed by atoms with Crippen LogP contribution in [-0.2, 0) is 14.2 Å². The van der Waals surface area contributed by atoms with Crippen LogP contribution in [0.5, 0.6) is 5.88 Å². The van der Waals surface area contributed by atoms with E-state index in [-0.39, 0.29) is 6.61 Å². The van der Waals surface area contributed by atoms with E-state index in [0.717, 1.165) is 0 Å². The highest BCUT2D eigenvalue weighted by atomic mass is 16.6. The first kappa shape index (κ1) is 17.4. The number of nitrogens with two attached hydrogens (primary N) is 2. The second kappa shape index (κ2) is 11.1. The zero-order chi connectivity index (χ0) is 15.3. The van der Waals surface area contributed by atoms with Crippen molar-refractivity contribution in [3.05, 3.63) is 12.3 Å². The van der Waals surface area contributed by atoms with Gasteiger partial charge in [-0.1, -0.05) is 0 Å². The molecule has 0 amide bonds. The van der Waals surface area contributed by atoms with Crippen molar-refractivity contribution in [2.75, 3.05) is 64.3 Å². The molecule has 0 aliphatic carbocycles. The summed E-state index contributed by atoms with van der Waals surface area (Å²) >= 11 is 0. The summed E-state index contributed by atoms with van der Waals surface area (Å²) in [6, 6.07) is 1.59. The third-order valence-corrected chi connectivity index (χ3v) is 2.35. The first-order chi connectivity index (χ1) is 10.2. The summed E-state index contributed by atoms with van der Waals surface area (Å²) in [5, 5.41) is 8.49. The molecular formula is C13H23N3O5. The lowest BCUT2D eigenvalue weighted by Crippen LogP contribution is -2.14. The molecular weight excluding hydrogens is 278 g/mol. The molecule has 1 heterocycles. The summed E-state index contributed by atoms with van der Waals surface area (Å²) in [6.45, 7) is 3.00. The molecule has 0 fully saturated rings. The maximum absolute atomic E-state index is 8.49. The Morgan fingerprint density at radius 2 is 1.48 bits per heavy atom. The van der Waals surface area contributed by atoms with Gasteiger partial charge >= 0.3 is 0 Å². The summed E-state index contributed by atoms with van der Waals surface area (Å²) < 4.78 is 21.0. The van der Waals surface area contributed by atoms with Gasteiger partial charge in [0.15, 0.2) is 0 Å². The van der Waals surface area contributed by atoms with Crippen molar-refractivity contribution in [2.24, 2.45) is 0 Å². The summed E-state index contributed by atoms with van der Waals surface area (Å²) in [7, 11) is 0. The molecule has 0 saturated carbocycles. The van der Waals surface area contributed by atoms with E-state index in [0.29, 0.717) is 63.5 Å². The molecule has 1 rings (SSSR count). The maximum Gasteiger partial charge on any atom is 0.237 e. The van der Waals surface area contributed by atoms with Crippen LogP contribution in [0, 0.1) is 0 Å². The monoisotopic (exact) mass is 301 g/mol. The number of pyridine rings is 1. The topological polar surface area (TPSA) is 122 Å². The van der Waals surface area contributed by atoms with E-state index in [1.807, 2.05) is 0 Å². The van der Waals surface area contributed by atoms with Gasteiger partial charge < -0.3 is 35.5 Å². The maximum atomic E-state index is 8.49. The number of ether oxygens (including phenoxy) is 4. The first-order valence-corrected chi connectivity index (χ1v) is 6.72. The average molecular weight is 301 g/mol. The Hall–Kier alpha value is -1.61. The zero-order valence-corrected chi connectivity index (χ0v) is 12.0. The standard InChI is InChI=1S/C13H23N3O5/c14-11-9-12(15)13(16-10-11)21-8-7-20-6-5-19-4-3-18-2-1-17/h9-10,17H,1-8,14-15H2. The van der Waals surface area contributed by atoms with Gasteiger partial charge in [0.05, 0.1) is 63.8 Å². The third kappa shape index (κ3) is 8.30. The molecule has 0 saturated heterocycles. The molecule has 0 aromatic carbocycles. The molecule has 0 aliphatic rings. The van der Waals surface area contributed by atoms with Crippen LogP contribution in [0.15, 0.2) is 12.3 Å². The number of aliphatic hydroxyl groups is 1. The van der Waals surface area contributed by atoms with Crippen LogP contribution < -0.4 is 16.2 Å². The molecule has 0 atom stereocenters. The van der Waals surface area contributed by atoms with Gasteiger partial charge in [-0.3, -0.25) is 0 Å². The van der Waals surface area contributed by atoms with Crippen molar-refractivity contribution in [3.63, 3.8) is 0 Å². The zero-order valence-electron chi connectivity index (χ0n) is 12.0. The van der Waals surface area contributed by atoms with E-state index < -0.39 is 0 Å². The van der Waals surface area contributed by atoms with Gasteiger partial charge in [0.25, 0.3) is 0 Å². The fourth-order valence-electron chi connectivity index (χ4n) is 1.41. The number of rotatable bonds is 12. The number of nitrogen functional groups attached to an aromatic ring is 2. The van der Waals surface area contributed by atoms with Crippen molar-refractivity contribution in [1.82, 2.24) is 4.98 Å². The van der Waals surface area contributed by atoms with E-state index >= 15 is 0 Å². The Morgan fingerprint density at radius 1 is 0.905 bits per heavy atom. The minimum Gasteiger partial charge on any atom is -0.474 e. The van der Waals surface area contributed by atoms with Crippen molar-refractivity contribution < 1.29 is 24.1 Å². The Balaban J connectivity index is 1.93. The number of anilines is 2. The van der Waals surface area contributed by atoms with Gasteiger partial charge in [0, 0.05) is 0 Å². The fourth-order valence-corrected chi connectivity index (χ4v) is 1.41. The molecule has 120 valence electrons. The second-order valence-electron chi connectivity index (χ2n) is 4.07. The van der Waals surface area contributed by atoms with E-state index in [4.69, 9.17) is 35.5 Å². The summed E-state index contributed by atoms with van der Waals surface area (Å²) in [5.41, 5.74) is 12.1. The minimum atomic E-state index is 0.0243. The van der Waals surface area contributed by atoms with Gasteiger partial charge in [-0.2, -0.15) is 0 Å². The number of aromatic nitrogens is 1. The predicted octanol–water partition coefficient (Wildman–Crippen LogP) is -0.333. The highest BCUT2D eigenvalue weighted by Crippen LogP contribution is 2.19. The molecule has 0 spiro atoms. The minimum absolute atomic E-state index is 0.0243. The molecule has 8 nitrogen and oxygen atoms in total. The van der Waals surface area contributed by atoms with Crippen LogP contribution in [0.4, 0.5) is 11.4 Å². The lowest BCUT2D eigenvalue weighted by atomic mass is 10.4. The van der Waals surface area contributed by atoms with E-state index in [9.17, 15) is 0 Å². The van der Waals surface area contributed by atoms with Crippen molar-refractivity contribution in [2.45, 2.75) is 0 Å². The van der Waals surface area contributed by atoms with Crippen LogP contribution in [0.1, 0.15) is 0 Å². The van der Waals surface area contributed by atoms with Crippen LogP contribution >= 0.6 is 0 Å². The molecule has 0 bridgehead atoms. The Bertz CT molecular complexity index is 392. The van der Waals surface area contributed by atoms with Crippen LogP contribution in [0.3, 0.4) is 0 Å². The second-order valence-corrected chi connectivity index (χ2v) is 4.07. The van der Waals surface area contributed by atoms with Gasteiger partial charge in [0.1, 0.15) is 6.61 Å². The van der Waals surface area contributed by atoms with Crippen LogP contribution in [-0.4, -0.2) is 62.9 Å². The van der Waals surface area contributed by atoms with Gasteiger partial charge in [-0.25, -0.2) is 4.98 Å². The highest BCUT2D eigenvalue weighted by molar-refractivity contribution is 5.55. The van der Waals surface area contributed by atoms with Gasteiger partial charge in [0.2, 0.25) is 5.88 Å². The van der Waals surface area contributed by atoms with Gasteiger partial charge in [-0.05, 0) is 6.07 Å². The average Bonchev–Trinajstić information content (AvgIpc) is 2.46. The van der Waals surface area contributed by atoms with Crippen molar-refractivity contribution in [1.29, 1.82) is 0 Å². The predicted molar refractivity (Wildman–Crippen MR) is 78.1 cm³/mol. The van der Waals surface area contributed by atoms with Crippen molar-refractivity contribution >= 4 is 11.4 Å². The van der Waals surface area contributed by atoms with Gasteiger partial charge in [-0.15, -0.1) is 0 Å². The van der Waals surface area contributed by atoms with E-state index in [1.165, 1.54) is 6.20 Å². The quantitative estimate of drug-likeness (QED) is 0.448. The molecule has 8 heteroatoms. The summed E-state index contributed by atoms with van der Waals surface area (Å²) in [5.74, 6) is 0.352. The highest BCUT2D eigenvalue weighted by Gasteiger charge is 2.02. The number of hydrogen-bond acceptors (Lipinski definition) is 8. The third-order valence-electron chi connectivity index (χ3n) is 2.35. The lowest BCUT2D eigenvalue weighted by molar-refractivity contribution is 0.00346. The van der Waals surface area contributed by atoms with Crippen molar-refractivity contribution in [3.8, 4) is 5.88 Å². The van der Waals surface area contributed by atoms with E-state index in [2.05, 4.69) is 4.98 Å². The number of aliphatic hydroxyl groups excluding tert-OH is 1. The largest absolute Gasteiger partial charge is 0.474 e. The summed E-state index contributed by atoms with van der Waals surface area (Å²) in [4.78, 5) is 3.98. The molecule has 0 aliphatic heterocycles. The first-order valence-electron chi connectivity index (χ1n) is 6.72. The normalized spacial score (nSPS) is 10.7. The molecule has 21 heavy (non-hydrogen) atoms. The van der Waals surface area contributed by atoms with Crippen LogP contribution in [0.2, 0.25) is 0 Å². The van der Waals surface area contributed by atoms with E-state index in [1.54, 1.807) is 6.07 Å². The molecule has 0 unspecified atom stereocenters. The lowest BCUT2D eigenvalue weighted by Gasteiger charge is -2.09. The molecule has 1 aromatic heterocycles. The molecule has 0 radical (unpaired) electrons. The molecule has 1 aromatic rings. The Kier molecular flexibility index (Phi) is 9.21. The number of hydrogen-bond donors (Lipinski definition) is 3. The Labute approximate surface area is 123 Å². The van der Waals surface area contributed by atoms with Crippen LogP contribution in [0.25, 0.3) is 0 Å².